The van der Waals surface area contributed by atoms with Crippen LogP contribution in [0.25, 0.3) is 22.3 Å². The second-order valence-corrected chi connectivity index (χ2v) is 7.46. The number of unbranched alkanes of at least 4 members (excludes halogenated alkanes) is 4. The van der Waals surface area contributed by atoms with Crippen LogP contribution in [0.4, 0.5) is 13.2 Å². The Labute approximate surface area is 176 Å². The van der Waals surface area contributed by atoms with Crippen LogP contribution in [0.15, 0.2) is 66.7 Å². The van der Waals surface area contributed by atoms with Crippen LogP contribution in [0, 0.1) is 5.82 Å². The molecule has 1 nitrogen and oxygen atoms in total. The molecule has 0 saturated carbocycles. The minimum absolute atomic E-state index is 0.0799. The number of benzene rings is 3. The largest absolute Gasteiger partial charge is 0.435 e. The van der Waals surface area contributed by atoms with Gasteiger partial charge in [0.2, 0.25) is 0 Å². The second-order valence-electron chi connectivity index (χ2n) is 7.46. The Morgan fingerprint density at radius 3 is 2.00 bits per heavy atom. The lowest BCUT2D eigenvalue weighted by Crippen LogP contribution is -2.01. The molecule has 0 saturated heterocycles. The maximum absolute atomic E-state index is 14.8. The monoisotopic (exact) mass is 412 g/mol. The van der Waals surface area contributed by atoms with Gasteiger partial charge in [0.1, 0.15) is 11.6 Å². The number of ether oxygens (including phenoxy) is 1. The van der Waals surface area contributed by atoms with Crippen molar-refractivity contribution in [3.8, 4) is 28.0 Å². The number of halogens is 3. The van der Waals surface area contributed by atoms with Crippen molar-refractivity contribution in [2.24, 2.45) is 0 Å². The molecule has 0 aliphatic rings. The van der Waals surface area contributed by atoms with Gasteiger partial charge in [-0.05, 0) is 53.3 Å². The van der Waals surface area contributed by atoms with Gasteiger partial charge in [0, 0.05) is 5.56 Å². The van der Waals surface area contributed by atoms with Crippen molar-refractivity contribution in [3.05, 3.63) is 78.1 Å². The molecule has 0 fully saturated rings. The zero-order chi connectivity index (χ0) is 21.3. The summed E-state index contributed by atoms with van der Waals surface area (Å²) < 4.78 is 43.6. The lowest BCUT2D eigenvalue weighted by Gasteiger charge is -2.09. The van der Waals surface area contributed by atoms with Crippen LogP contribution in [0.5, 0.6) is 5.75 Å². The Hall–Kier alpha value is -2.75. The van der Waals surface area contributed by atoms with Crippen LogP contribution >= 0.6 is 0 Å². The van der Waals surface area contributed by atoms with Crippen LogP contribution < -0.4 is 4.74 Å². The average Bonchev–Trinajstić information content (AvgIpc) is 2.74. The minimum atomic E-state index is -2.86. The Morgan fingerprint density at radius 2 is 1.37 bits per heavy atom. The van der Waals surface area contributed by atoms with Gasteiger partial charge in [-0.15, -0.1) is 0 Å². The number of hydrogen-bond acceptors (Lipinski definition) is 1. The molecule has 0 spiro atoms. The van der Waals surface area contributed by atoms with Gasteiger partial charge in [0.25, 0.3) is 0 Å². The molecule has 0 amide bonds. The molecule has 3 aromatic rings. The number of alkyl halides is 2. The van der Waals surface area contributed by atoms with Crippen molar-refractivity contribution in [1.82, 2.24) is 0 Å². The second kappa shape index (κ2) is 10.9. The van der Waals surface area contributed by atoms with Gasteiger partial charge in [0.15, 0.2) is 0 Å². The molecule has 3 rings (SSSR count). The zero-order valence-corrected chi connectivity index (χ0v) is 17.2. The molecule has 0 unspecified atom stereocenters. The highest BCUT2D eigenvalue weighted by atomic mass is 19.3. The van der Waals surface area contributed by atoms with Gasteiger partial charge < -0.3 is 4.74 Å². The molecule has 0 aliphatic heterocycles. The summed E-state index contributed by atoms with van der Waals surface area (Å²) in [6.45, 7) is -0.647. The summed E-state index contributed by atoms with van der Waals surface area (Å²) in [5.41, 5.74) is 4.09. The SMILES string of the molecule is CCCCCCCc1ccc(-c2ccc(-c3ccc(OC(F)F)cc3)cc2F)cc1. The van der Waals surface area contributed by atoms with Crippen molar-refractivity contribution in [2.45, 2.75) is 52.1 Å². The van der Waals surface area contributed by atoms with E-state index in [1.807, 2.05) is 18.2 Å². The van der Waals surface area contributed by atoms with E-state index in [2.05, 4.69) is 23.8 Å². The highest BCUT2D eigenvalue weighted by molar-refractivity contribution is 5.71. The maximum atomic E-state index is 14.8. The summed E-state index contributed by atoms with van der Waals surface area (Å²) in [6.07, 6.45) is 7.31. The van der Waals surface area contributed by atoms with E-state index in [1.54, 1.807) is 18.2 Å². The summed E-state index contributed by atoms with van der Waals surface area (Å²) in [4.78, 5) is 0. The summed E-state index contributed by atoms with van der Waals surface area (Å²) in [6, 6.07) is 19.3. The van der Waals surface area contributed by atoms with Gasteiger partial charge in [-0.25, -0.2) is 4.39 Å². The van der Waals surface area contributed by atoms with Gasteiger partial charge in [-0.3, -0.25) is 0 Å². The molecule has 0 atom stereocenters. The fourth-order valence-corrected chi connectivity index (χ4v) is 3.54. The molecule has 0 aromatic heterocycles. The highest BCUT2D eigenvalue weighted by Gasteiger charge is 2.09. The normalized spacial score (nSPS) is 11.1. The predicted molar refractivity (Wildman–Crippen MR) is 116 cm³/mol. The Kier molecular flexibility index (Phi) is 7.95. The van der Waals surface area contributed by atoms with Crippen LogP contribution in [-0.2, 0) is 6.42 Å². The Morgan fingerprint density at radius 1 is 0.733 bits per heavy atom. The zero-order valence-electron chi connectivity index (χ0n) is 17.2. The molecule has 0 heterocycles. The number of rotatable bonds is 10. The third kappa shape index (κ3) is 6.12. The molecule has 0 aliphatic carbocycles. The summed E-state index contributed by atoms with van der Waals surface area (Å²) >= 11 is 0. The first-order valence-corrected chi connectivity index (χ1v) is 10.5. The van der Waals surface area contributed by atoms with E-state index in [4.69, 9.17) is 0 Å². The molecule has 158 valence electrons. The standard InChI is InChI=1S/C26H27F3O/c1-2-3-4-5-6-7-19-8-10-21(11-9-19)24-17-14-22(18-25(24)27)20-12-15-23(16-13-20)30-26(28)29/h8-18,26H,2-7H2,1H3. The van der Waals surface area contributed by atoms with Gasteiger partial charge in [-0.2, -0.15) is 8.78 Å². The molecular formula is C26H27F3O. The van der Waals surface area contributed by atoms with E-state index in [9.17, 15) is 13.2 Å². The molecule has 0 radical (unpaired) electrons. The molecule has 30 heavy (non-hydrogen) atoms. The van der Waals surface area contributed by atoms with Crippen LogP contribution in [0.2, 0.25) is 0 Å². The predicted octanol–water partition coefficient (Wildman–Crippen LogP) is 8.27. The van der Waals surface area contributed by atoms with E-state index in [0.29, 0.717) is 11.1 Å². The Bertz CT molecular complexity index is 918. The molecular weight excluding hydrogens is 385 g/mol. The third-order valence-corrected chi connectivity index (χ3v) is 5.22. The van der Waals surface area contributed by atoms with Gasteiger partial charge in [-0.1, -0.05) is 81.1 Å². The van der Waals surface area contributed by atoms with Gasteiger partial charge in [0.05, 0.1) is 0 Å². The quantitative estimate of drug-likeness (QED) is 0.304. The smallest absolute Gasteiger partial charge is 0.387 e. The number of aryl methyl sites for hydroxylation is 1. The lowest BCUT2D eigenvalue weighted by molar-refractivity contribution is -0.0498. The Balaban J connectivity index is 1.66. The van der Waals surface area contributed by atoms with Crippen molar-refractivity contribution >= 4 is 0 Å². The van der Waals surface area contributed by atoms with Crippen LogP contribution in [-0.4, -0.2) is 6.61 Å². The molecule has 4 heteroatoms. The highest BCUT2D eigenvalue weighted by Crippen LogP contribution is 2.29. The van der Waals surface area contributed by atoms with Crippen molar-refractivity contribution in [3.63, 3.8) is 0 Å². The fraction of sp³-hybridized carbons (Fsp3) is 0.308. The molecule has 3 aromatic carbocycles. The van der Waals surface area contributed by atoms with Crippen LogP contribution in [0.3, 0.4) is 0 Å². The number of hydrogen-bond donors (Lipinski definition) is 0. The van der Waals surface area contributed by atoms with E-state index >= 15 is 0 Å². The van der Waals surface area contributed by atoms with Crippen LogP contribution in [0.1, 0.15) is 44.6 Å². The summed E-state index contributed by atoms with van der Waals surface area (Å²) in [7, 11) is 0. The third-order valence-electron chi connectivity index (χ3n) is 5.22. The lowest BCUT2D eigenvalue weighted by atomic mass is 9.98. The maximum Gasteiger partial charge on any atom is 0.387 e. The van der Waals surface area contributed by atoms with E-state index in [1.165, 1.54) is 55.9 Å². The van der Waals surface area contributed by atoms with E-state index in [-0.39, 0.29) is 11.6 Å². The van der Waals surface area contributed by atoms with Gasteiger partial charge >= 0.3 is 6.61 Å². The molecule has 0 bridgehead atoms. The first kappa shape index (κ1) is 21.9. The van der Waals surface area contributed by atoms with Crippen molar-refractivity contribution < 1.29 is 17.9 Å². The van der Waals surface area contributed by atoms with E-state index < -0.39 is 6.61 Å². The average molecular weight is 412 g/mol. The molecule has 0 N–H and O–H groups in total. The first-order valence-electron chi connectivity index (χ1n) is 10.5. The summed E-state index contributed by atoms with van der Waals surface area (Å²) in [5, 5.41) is 0. The first-order chi connectivity index (χ1) is 14.6. The van der Waals surface area contributed by atoms with Crippen molar-refractivity contribution in [2.75, 3.05) is 0 Å². The minimum Gasteiger partial charge on any atom is -0.435 e. The topological polar surface area (TPSA) is 9.23 Å². The fourth-order valence-electron chi connectivity index (χ4n) is 3.54. The van der Waals surface area contributed by atoms with E-state index in [0.717, 1.165) is 17.5 Å². The summed E-state index contributed by atoms with van der Waals surface area (Å²) in [5.74, 6) is -0.232. The van der Waals surface area contributed by atoms with Crippen molar-refractivity contribution in [1.29, 1.82) is 0 Å².